The van der Waals surface area contributed by atoms with Crippen LogP contribution < -0.4 is 10.9 Å². The van der Waals surface area contributed by atoms with E-state index in [9.17, 15) is 4.79 Å². The molecule has 1 spiro atoms. The molecule has 0 bridgehead atoms. The van der Waals surface area contributed by atoms with E-state index in [2.05, 4.69) is 10.3 Å². The van der Waals surface area contributed by atoms with Gasteiger partial charge < -0.3 is 10.1 Å². The SMILES string of the molecule is Cc1ncn(CC2CNC3(CCC3)CO2)c(=O)c1C. The molecule has 5 heteroatoms. The van der Waals surface area contributed by atoms with Crippen LogP contribution in [0.5, 0.6) is 0 Å². The quantitative estimate of drug-likeness (QED) is 0.856. The highest BCUT2D eigenvalue weighted by molar-refractivity contribution is 5.12. The zero-order valence-corrected chi connectivity index (χ0v) is 11.6. The molecular weight excluding hydrogens is 242 g/mol. The molecular formula is C14H21N3O2. The predicted molar refractivity (Wildman–Crippen MR) is 72.3 cm³/mol. The Morgan fingerprint density at radius 1 is 1.53 bits per heavy atom. The van der Waals surface area contributed by atoms with Gasteiger partial charge in [-0.25, -0.2) is 4.98 Å². The van der Waals surface area contributed by atoms with Gasteiger partial charge in [0.15, 0.2) is 0 Å². The average Bonchev–Trinajstić information content (AvgIpc) is 2.39. The molecule has 1 unspecified atom stereocenters. The Kier molecular flexibility index (Phi) is 3.19. The predicted octanol–water partition coefficient (Wildman–Crippen LogP) is 0.771. The second-order valence-corrected chi connectivity index (χ2v) is 5.86. The van der Waals surface area contributed by atoms with E-state index < -0.39 is 0 Å². The Bertz CT molecular complexity index is 524. The first-order chi connectivity index (χ1) is 9.10. The van der Waals surface area contributed by atoms with E-state index >= 15 is 0 Å². The number of aromatic nitrogens is 2. The molecule has 19 heavy (non-hydrogen) atoms. The highest BCUT2D eigenvalue weighted by atomic mass is 16.5. The minimum absolute atomic E-state index is 0.0417. The Labute approximate surface area is 113 Å². The van der Waals surface area contributed by atoms with E-state index in [4.69, 9.17) is 4.74 Å². The zero-order chi connectivity index (χ0) is 13.5. The summed E-state index contributed by atoms with van der Waals surface area (Å²) in [5.41, 5.74) is 1.81. The maximum Gasteiger partial charge on any atom is 0.256 e. The molecule has 1 saturated carbocycles. The lowest BCUT2D eigenvalue weighted by atomic mass is 9.76. The van der Waals surface area contributed by atoms with Gasteiger partial charge in [-0.1, -0.05) is 0 Å². The van der Waals surface area contributed by atoms with Gasteiger partial charge in [0, 0.05) is 23.3 Å². The molecule has 1 N–H and O–H groups in total. The van der Waals surface area contributed by atoms with Crippen molar-refractivity contribution < 1.29 is 4.74 Å². The molecule has 0 amide bonds. The maximum atomic E-state index is 12.1. The van der Waals surface area contributed by atoms with Crippen molar-refractivity contribution in [1.82, 2.24) is 14.9 Å². The van der Waals surface area contributed by atoms with Crippen molar-refractivity contribution in [1.29, 1.82) is 0 Å². The summed E-state index contributed by atoms with van der Waals surface area (Å²) in [5, 5.41) is 3.59. The van der Waals surface area contributed by atoms with Crippen molar-refractivity contribution in [2.75, 3.05) is 13.2 Å². The Morgan fingerprint density at radius 3 is 2.89 bits per heavy atom. The van der Waals surface area contributed by atoms with Crippen molar-refractivity contribution in [3.05, 3.63) is 27.9 Å². The van der Waals surface area contributed by atoms with Crippen LogP contribution >= 0.6 is 0 Å². The summed E-state index contributed by atoms with van der Waals surface area (Å²) in [6.45, 7) is 5.85. The topological polar surface area (TPSA) is 56.1 Å². The van der Waals surface area contributed by atoms with Crippen molar-refractivity contribution in [3.63, 3.8) is 0 Å². The zero-order valence-electron chi connectivity index (χ0n) is 11.6. The summed E-state index contributed by atoms with van der Waals surface area (Å²) < 4.78 is 7.57. The fourth-order valence-electron chi connectivity index (χ4n) is 2.78. The van der Waals surface area contributed by atoms with Gasteiger partial charge in [0.05, 0.1) is 25.6 Å². The third-order valence-corrected chi connectivity index (χ3v) is 4.53. The highest BCUT2D eigenvalue weighted by Crippen LogP contribution is 2.34. The van der Waals surface area contributed by atoms with Crippen molar-refractivity contribution >= 4 is 0 Å². The normalized spacial score (nSPS) is 25.3. The first-order valence-electron chi connectivity index (χ1n) is 6.99. The van der Waals surface area contributed by atoms with Crippen molar-refractivity contribution in [2.45, 2.75) is 51.3 Å². The summed E-state index contributed by atoms with van der Waals surface area (Å²) in [4.78, 5) is 16.4. The number of hydrogen-bond donors (Lipinski definition) is 1. The van der Waals surface area contributed by atoms with Gasteiger partial charge in [-0.3, -0.25) is 9.36 Å². The maximum absolute atomic E-state index is 12.1. The summed E-state index contributed by atoms with van der Waals surface area (Å²) in [6, 6.07) is 0. The third-order valence-electron chi connectivity index (χ3n) is 4.53. The van der Waals surface area contributed by atoms with Crippen LogP contribution in [0.4, 0.5) is 0 Å². The van der Waals surface area contributed by atoms with E-state index in [1.807, 2.05) is 13.8 Å². The van der Waals surface area contributed by atoms with E-state index in [-0.39, 0.29) is 17.2 Å². The minimum atomic E-state index is 0.0417. The van der Waals surface area contributed by atoms with Crippen LogP contribution in [-0.2, 0) is 11.3 Å². The van der Waals surface area contributed by atoms with Crippen molar-refractivity contribution in [2.24, 2.45) is 0 Å². The van der Waals surface area contributed by atoms with Gasteiger partial charge in [0.2, 0.25) is 0 Å². The van der Waals surface area contributed by atoms with Gasteiger partial charge in [0.25, 0.3) is 5.56 Å². The molecule has 2 heterocycles. The number of nitrogens with zero attached hydrogens (tertiary/aromatic N) is 2. The van der Waals surface area contributed by atoms with Crippen LogP contribution in [0.1, 0.15) is 30.5 Å². The lowest BCUT2D eigenvalue weighted by molar-refractivity contribution is -0.0663. The number of hydrogen-bond acceptors (Lipinski definition) is 4. The van der Waals surface area contributed by atoms with Gasteiger partial charge in [-0.15, -0.1) is 0 Å². The van der Waals surface area contributed by atoms with E-state index in [1.54, 1.807) is 10.9 Å². The lowest BCUT2D eigenvalue weighted by Gasteiger charge is -2.47. The number of morpholine rings is 1. The van der Waals surface area contributed by atoms with E-state index in [1.165, 1.54) is 19.3 Å². The Balaban J connectivity index is 1.66. The summed E-state index contributed by atoms with van der Waals surface area (Å²) >= 11 is 0. The second kappa shape index (κ2) is 4.72. The molecule has 1 atom stereocenters. The van der Waals surface area contributed by atoms with E-state index in [0.717, 1.165) is 24.4 Å². The fourth-order valence-corrected chi connectivity index (χ4v) is 2.78. The molecule has 3 rings (SSSR count). The molecule has 2 aliphatic rings. The summed E-state index contributed by atoms with van der Waals surface area (Å²) in [5.74, 6) is 0. The molecule has 1 aromatic rings. The first kappa shape index (κ1) is 12.8. The second-order valence-electron chi connectivity index (χ2n) is 5.86. The third kappa shape index (κ3) is 2.32. The number of ether oxygens (including phenoxy) is 1. The standard InChI is InChI=1S/C14H21N3O2/c1-10-11(2)15-9-17(13(10)18)7-12-6-16-14(8-19-12)4-3-5-14/h9,12,16H,3-8H2,1-2H3. The molecule has 0 radical (unpaired) electrons. The van der Waals surface area contributed by atoms with Crippen LogP contribution in [0.15, 0.2) is 11.1 Å². The summed E-state index contributed by atoms with van der Waals surface area (Å²) in [7, 11) is 0. The van der Waals surface area contributed by atoms with Gasteiger partial charge in [-0.05, 0) is 33.1 Å². The fraction of sp³-hybridized carbons (Fsp3) is 0.714. The number of rotatable bonds is 2. The molecule has 1 aliphatic carbocycles. The Hall–Kier alpha value is -1.20. The highest BCUT2D eigenvalue weighted by Gasteiger charge is 2.40. The molecule has 0 aromatic carbocycles. The Morgan fingerprint density at radius 2 is 2.32 bits per heavy atom. The molecule has 1 saturated heterocycles. The van der Waals surface area contributed by atoms with E-state index in [0.29, 0.717) is 6.54 Å². The van der Waals surface area contributed by atoms with Crippen LogP contribution in [0.2, 0.25) is 0 Å². The first-order valence-corrected chi connectivity index (χ1v) is 6.99. The minimum Gasteiger partial charge on any atom is -0.373 e. The van der Waals surface area contributed by atoms with Gasteiger partial charge in [-0.2, -0.15) is 0 Å². The largest absolute Gasteiger partial charge is 0.373 e. The van der Waals surface area contributed by atoms with Crippen LogP contribution in [-0.4, -0.2) is 34.3 Å². The van der Waals surface area contributed by atoms with Crippen molar-refractivity contribution in [3.8, 4) is 0 Å². The number of aryl methyl sites for hydroxylation is 1. The van der Waals surface area contributed by atoms with Crippen LogP contribution in [0.25, 0.3) is 0 Å². The number of nitrogens with one attached hydrogen (secondary N) is 1. The average molecular weight is 263 g/mol. The molecule has 104 valence electrons. The lowest BCUT2D eigenvalue weighted by Crippen LogP contribution is -2.61. The smallest absolute Gasteiger partial charge is 0.256 e. The molecule has 5 nitrogen and oxygen atoms in total. The molecule has 1 aliphatic heterocycles. The van der Waals surface area contributed by atoms with Crippen LogP contribution in [0.3, 0.4) is 0 Å². The van der Waals surface area contributed by atoms with Crippen LogP contribution in [0, 0.1) is 13.8 Å². The van der Waals surface area contributed by atoms with Gasteiger partial charge in [0.1, 0.15) is 0 Å². The van der Waals surface area contributed by atoms with Gasteiger partial charge >= 0.3 is 0 Å². The molecule has 1 aromatic heterocycles. The summed E-state index contributed by atoms with van der Waals surface area (Å²) in [6.07, 6.45) is 5.41. The molecule has 2 fully saturated rings. The monoisotopic (exact) mass is 263 g/mol.